The van der Waals surface area contributed by atoms with Crippen LogP contribution in [0.2, 0.25) is 0 Å². The Morgan fingerprint density at radius 2 is 2.08 bits per heavy atom. The van der Waals surface area contributed by atoms with E-state index in [0.29, 0.717) is 10.8 Å². The van der Waals surface area contributed by atoms with Crippen molar-refractivity contribution in [3.05, 3.63) is 47.0 Å². The third-order valence-electron chi connectivity index (χ3n) is 4.21. The summed E-state index contributed by atoms with van der Waals surface area (Å²) in [5, 5.41) is 4.83. The standard InChI is InChI=1S/C18H21N3O2S/c1-13(22)19-18-20-16(12-24-18)17(23)21-10-6-5-9-15(21)11-14-7-3-2-4-8-14/h2-4,7-8,12,15H,5-6,9-11H2,1H3,(H,19,20,22)/t15-/m0/s1. The molecule has 1 saturated heterocycles. The number of rotatable bonds is 4. The minimum atomic E-state index is -0.178. The smallest absolute Gasteiger partial charge is 0.273 e. The molecule has 0 saturated carbocycles. The predicted octanol–water partition coefficient (Wildman–Crippen LogP) is 3.34. The van der Waals surface area contributed by atoms with E-state index in [9.17, 15) is 9.59 Å². The summed E-state index contributed by atoms with van der Waals surface area (Å²) in [6.45, 7) is 2.20. The zero-order valence-corrected chi connectivity index (χ0v) is 14.5. The van der Waals surface area contributed by atoms with E-state index in [0.717, 1.165) is 32.2 Å². The predicted molar refractivity (Wildman–Crippen MR) is 95.2 cm³/mol. The molecule has 1 N–H and O–H groups in total. The normalized spacial score (nSPS) is 17.5. The lowest BCUT2D eigenvalue weighted by molar-refractivity contribution is -0.114. The number of hydrogen-bond acceptors (Lipinski definition) is 4. The number of amides is 2. The van der Waals surface area contributed by atoms with Gasteiger partial charge in [0.15, 0.2) is 5.13 Å². The van der Waals surface area contributed by atoms with Crippen molar-refractivity contribution < 1.29 is 9.59 Å². The highest BCUT2D eigenvalue weighted by molar-refractivity contribution is 7.14. The molecule has 1 aliphatic rings. The fourth-order valence-corrected chi connectivity index (χ4v) is 3.82. The second kappa shape index (κ2) is 7.57. The van der Waals surface area contributed by atoms with E-state index in [-0.39, 0.29) is 17.9 Å². The van der Waals surface area contributed by atoms with Gasteiger partial charge in [-0.05, 0) is 31.2 Å². The number of nitrogens with one attached hydrogen (secondary N) is 1. The van der Waals surface area contributed by atoms with Crippen molar-refractivity contribution in [2.24, 2.45) is 0 Å². The number of carbonyl (C=O) groups excluding carboxylic acids is 2. The van der Waals surface area contributed by atoms with Crippen LogP contribution in [-0.4, -0.2) is 34.3 Å². The maximum atomic E-state index is 12.9. The molecular formula is C18H21N3O2S. The van der Waals surface area contributed by atoms with Crippen molar-refractivity contribution >= 4 is 28.3 Å². The maximum Gasteiger partial charge on any atom is 0.273 e. The molecule has 0 bridgehead atoms. The number of carbonyl (C=O) groups is 2. The van der Waals surface area contributed by atoms with Crippen molar-refractivity contribution in [2.45, 2.75) is 38.6 Å². The van der Waals surface area contributed by atoms with Gasteiger partial charge >= 0.3 is 0 Å². The molecule has 1 atom stereocenters. The van der Waals surface area contributed by atoms with Gasteiger partial charge in [-0.1, -0.05) is 30.3 Å². The van der Waals surface area contributed by atoms with Crippen LogP contribution in [0.15, 0.2) is 35.7 Å². The summed E-state index contributed by atoms with van der Waals surface area (Å²) in [6, 6.07) is 10.5. The van der Waals surface area contributed by atoms with Crippen LogP contribution < -0.4 is 5.32 Å². The molecule has 1 aromatic carbocycles. The molecule has 24 heavy (non-hydrogen) atoms. The number of thiazole rings is 1. The van der Waals surface area contributed by atoms with Gasteiger partial charge in [-0.2, -0.15) is 0 Å². The van der Waals surface area contributed by atoms with Crippen molar-refractivity contribution in [3.63, 3.8) is 0 Å². The van der Waals surface area contributed by atoms with Gasteiger partial charge in [0.1, 0.15) is 5.69 Å². The maximum absolute atomic E-state index is 12.9. The van der Waals surface area contributed by atoms with Crippen LogP contribution in [-0.2, 0) is 11.2 Å². The Hall–Kier alpha value is -2.21. The minimum Gasteiger partial charge on any atom is -0.334 e. The molecule has 0 radical (unpaired) electrons. The molecule has 1 fully saturated rings. The number of aromatic nitrogens is 1. The van der Waals surface area contributed by atoms with Gasteiger partial charge in [0.05, 0.1) is 0 Å². The van der Waals surface area contributed by atoms with Gasteiger partial charge in [-0.25, -0.2) is 4.98 Å². The first-order valence-electron chi connectivity index (χ1n) is 8.21. The molecule has 1 aliphatic heterocycles. The van der Waals surface area contributed by atoms with Crippen molar-refractivity contribution in [2.75, 3.05) is 11.9 Å². The first-order chi connectivity index (χ1) is 11.6. The van der Waals surface area contributed by atoms with Gasteiger partial charge in [-0.3, -0.25) is 9.59 Å². The fraction of sp³-hybridized carbons (Fsp3) is 0.389. The second-order valence-electron chi connectivity index (χ2n) is 6.06. The topological polar surface area (TPSA) is 62.3 Å². The number of anilines is 1. The van der Waals surface area contributed by atoms with Crippen LogP contribution in [0.4, 0.5) is 5.13 Å². The van der Waals surface area contributed by atoms with Crippen LogP contribution in [0.5, 0.6) is 0 Å². The summed E-state index contributed by atoms with van der Waals surface area (Å²) < 4.78 is 0. The fourth-order valence-electron chi connectivity index (χ4n) is 3.09. The van der Waals surface area contributed by atoms with Gasteiger partial charge in [0.25, 0.3) is 5.91 Å². The lowest BCUT2D eigenvalue weighted by Gasteiger charge is -2.35. The monoisotopic (exact) mass is 343 g/mol. The van der Waals surface area contributed by atoms with Crippen LogP contribution >= 0.6 is 11.3 Å². The Balaban J connectivity index is 1.73. The summed E-state index contributed by atoms with van der Waals surface area (Å²) in [5.41, 5.74) is 1.67. The molecule has 126 valence electrons. The van der Waals surface area contributed by atoms with E-state index in [1.807, 2.05) is 23.1 Å². The van der Waals surface area contributed by atoms with Crippen molar-refractivity contribution in [1.82, 2.24) is 9.88 Å². The largest absolute Gasteiger partial charge is 0.334 e. The van der Waals surface area contributed by atoms with Gasteiger partial charge in [0.2, 0.25) is 5.91 Å². The second-order valence-corrected chi connectivity index (χ2v) is 6.92. The summed E-state index contributed by atoms with van der Waals surface area (Å²) in [4.78, 5) is 30.2. The molecule has 0 unspecified atom stereocenters. The SMILES string of the molecule is CC(=O)Nc1nc(C(=O)N2CCCC[C@H]2Cc2ccccc2)cs1. The highest BCUT2D eigenvalue weighted by Crippen LogP contribution is 2.24. The van der Waals surface area contributed by atoms with Crippen molar-refractivity contribution in [3.8, 4) is 0 Å². The lowest BCUT2D eigenvalue weighted by atomic mass is 9.95. The molecule has 0 spiro atoms. The first kappa shape index (κ1) is 16.6. The molecule has 3 rings (SSSR count). The Morgan fingerprint density at radius 3 is 2.83 bits per heavy atom. The van der Waals surface area contributed by atoms with E-state index in [4.69, 9.17) is 0 Å². The average Bonchev–Trinajstić information content (AvgIpc) is 3.03. The van der Waals surface area contributed by atoms with E-state index < -0.39 is 0 Å². The van der Waals surface area contributed by atoms with Crippen LogP contribution in [0.1, 0.15) is 42.2 Å². The van der Waals surface area contributed by atoms with Gasteiger partial charge in [-0.15, -0.1) is 11.3 Å². The number of hydrogen-bond donors (Lipinski definition) is 1. The molecule has 6 heteroatoms. The third kappa shape index (κ3) is 4.00. The van der Waals surface area contributed by atoms with Gasteiger partial charge in [0, 0.05) is 24.9 Å². The Kier molecular flexibility index (Phi) is 5.25. The summed E-state index contributed by atoms with van der Waals surface area (Å²) in [5.74, 6) is -0.216. The number of nitrogens with zero attached hydrogens (tertiary/aromatic N) is 2. The van der Waals surface area contributed by atoms with Crippen molar-refractivity contribution in [1.29, 1.82) is 0 Å². The Bertz CT molecular complexity index is 714. The summed E-state index contributed by atoms with van der Waals surface area (Å²) in [7, 11) is 0. The van der Waals surface area contributed by atoms with Crippen LogP contribution in [0.25, 0.3) is 0 Å². The number of likely N-dealkylation sites (tertiary alicyclic amines) is 1. The summed E-state index contributed by atoms with van der Waals surface area (Å²) >= 11 is 1.28. The van der Waals surface area contributed by atoms with E-state index in [2.05, 4.69) is 22.4 Å². The highest BCUT2D eigenvalue weighted by atomic mass is 32.1. The molecular weight excluding hydrogens is 322 g/mol. The minimum absolute atomic E-state index is 0.0384. The summed E-state index contributed by atoms with van der Waals surface area (Å²) in [6.07, 6.45) is 4.06. The number of benzene rings is 1. The van der Waals surface area contributed by atoms with E-state index in [1.54, 1.807) is 5.38 Å². The lowest BCUT2D eigenvalue weighted by Crippen LogP contribution is -2.45. The first-order valence-corrected chi connectivity index (χ1v) is 9.09. The molecule has 2 amide bonds. The van der Waals surface area contributed by atoms with E-state index >= 15 is 0 Å². The Labute approximate surface area is 145 Å². The van der Waals surface area contributed by atoms with Gasteiger partial charge < -0.3 is 10.2 Å². The molecule has 2 aromatic rings. The zero-order chi connectivity index (χ0) is 16.9. The molecule has 2 heterocycles. The van der Waals surface area contributed by atoms with E-state index in [1.165, 1.54) is 23.8 Å². The quantitative estimate of drug-likeness (QED) is 0.926. The highest BCUT2D eigenvalue weighted by Gasteiger charge is 2.29. The van der Waals surface area contributed by atoms with Crippen LogP contribution in [0, 0.1) is 0 Å². The zero-order valence-electron chi connectivity index (χ0n) is 13.7. The number of piperidine rings is 1. The Morgan fingerprint density at radius 1 is 1.29 bits per heavy atom. The molecule has 0 aliphatic carbocycles. The molecule has 1 aromatic heterocycles. The third-order valence-corrected chi connectivity index (χ3v) is 4.97. The molecule has 5 nitrogen and oxygen atoms in total. The van der Waals surface area contributed by atoms with Crippen LogP contribution in [0.3, 0.4) is 0 Å². The average molecular weight is 343 g/mol.